The van der Waals surface area contributed by atoms with Gasteiger partial charge in [-0.3, -0.25) is 0 Å². The molecule has 0 aliphatic carbocycles. The number of aromatic nitrogens is 2. The summed E-state index contributed by atoms with van der Waals surface area (Å²) in [5.41, 5.74) is 2.38. The van der Waals surface area contributed by atoms with Gasteiger partial charge in [0.1, 0.15) is 23.5 Å². The van der Waals surface area contributed by atoms with Crippen molar-refractivity contribution in [2.75, 3.05) is 11.4 Å². The van der Waals surface area contributed by atoms with Gasteiger partial charge >= 0.3 is 0 Å². The second-order valence-electron chi connectivity index (χ2n) is 6.30. The lowest BCUT2D eigenvalue weighted by Gasteiger charge is -2.21. The summed E-state index contributed by atoms with van der Waals surface area (Å²) in [5.74, 6) is 2.40. The molecule has 0 radical (unpaired) electrons. The number of nitrogens with zero attached hydrogens (tertiary/aromatic N) is 3. The van der Waals surface area contributed by atoms with E-state index < -0.39 is 0 Å². The maximum absolute atomic E-state index is 4.97. The summed E-state index contributed by atoms with van der Waals surface area (Å²) in [6.45, 7) is 2.00. The fraction of sp³-hybridized carbons (Fsp3) is 0.100. The molecule has 2 aliphatic heterocycles. The highest BCUT2D eigenvalue weighted by atomic mass is 35.5. The lowest BCUT2D eigenvalue weighted by atomic mass is 10.2. The third-order valence-corrected chi connectivity index (χ3v) is 5.98. The lowest BCUT2D eigenvalue weighted by Crippen LogP contribution is -3.00. The van der Waals surface area contributed by atoms with Gasteiger partial charge in [-0.15, -0.1) is 0 Å². The number of para-hydroxylation sites is 2. The van der Waals surface area contributed by atoms with Crippen molar-refractivity contribution in [1.29, 1.82) is 0 Å². The van der Waals surface area contributed by atoms with Gasteiger partial charge in [0, 0.05) is 10.8 Å². The summed E-state index contributed by atoms with van der Waals surface area (Å²) in [6.07, 6.45) is 0. The molecule has 0 N–H and O–H groups in total. The van der Waals surface area contributed by atoms with Gasteiger partial charge in [-0.2, -0.15) is 0 Å². The first-order valence-corrected chi connectivity index (χ1v) is 9.01. The Morgan fingerprint density at radius 1 is 0.920 bits per heavy atom. The quantitative estimate of drug-likeness (QED) is 0.439. The molecule has 0 amide bonds. The van der Waals surface area contributed by atoms with Crippen LogP contribution in [0.15, 0.2) is 70.5 Å². The topological polar surface area (TPSA) is 20.0 Å². The number of rotatable bonds is 0. The van der Waals surface area contributed by atoms with Gasteiger partial charge in [0.05, 0.1) is 10.4 Å². The summed E-state index contributed by atoms with van der Waals surface area (Å²) < 4.78 is 2.44. The predicted molar refractivity (Wildman–Crippen MR) is 97.0 cm³/mol. The Hall–Kier alpha value is -2.30. The molecule has 2 aliphatic rings. The lowest BCUT2D eigenvalue weighted by molar-refractivity contribution is -0.646. The first kappa shape index (κ1) is 15.0. The minimum atomic E-state index is 0. The Kier molecular flexibility index (Phi) is 3.21. The van der Waals surface area contributed by atoms with E-state index >= 15 is 0 Å². The molecule has 0 bridgehead atoms. The van der Waals surface area contributed by atoms with E-state index in [2.05, 4.69) is 70.1 Å². The van der Waals surface area contributed by atoms with Crippen LogP contribution in [0.4, 0.5) is 11.6 Å². The zero-order valence-corrected chi connectivity index (χ0v) is 14.9. The highest BCUT2D eigenvalue weighted by Crippen LogP contribution is 2.48. The molecule has 0 unspecified atom stereocenters. The molecular formula is C20H14ClN3S. The van der Waals surface area contributed by atoms with Crippen LogP contribution in [-0.2, 0) is 6.54 Å². The van der Waals surface area contributed by atoms with Gasteiger partial charge in [0.15, 0.2) is 0 Å². The number of benzene rings is 2. The highest BCUT2D eigenvalue weighted by Gasteiger charge is 2.40. The van der Waals surface area contributed by atoms with E-state index in [-0.39, 0.29) is 12.4 Å². The fourth-order valence-corrected chi connectivity index (χ4v) is 5.04. The highest BCUT2D eigenvalue weighted by molar-refractivity contribution is 7.99. The second kappa shape index (κ2) is 5.35. The Labute approximate surface area is 155 Å². The standard InChI is InChI=1S/C20H14N3S.ClH/c1-3-7-15-13(5-1)11-17-19(21-15)23-10-9-22-16-8-4-2-6-14(16)12-18(24-17)20(22)23;/h1-8,11-12H,9-10H2;1H/q+1;/p-1. The summed E-state index contributed by atoms with van der Waals surface area (Å²) in [7, 11) is 0. The Morgan fingerprint density at radius 3 is 2.60 bits per heavy atom. The number of hydrogen-bond donors (Lipinski definition) is 0. The van der Waals surface area contributed by atoms with E-state index in [1.54, 1.807) is 0 Å². The molecule has 2 aromatic heterocycles. The number of halogens is 1. The van der Waals surface area contributed by atoms with Crippen molar-refractivity contribution in [1.82, 2.24) is 4.98 Å². The molecule has 0 saturated carbocycles. The van der Waals surface area contributed by atoms with Crippen LogP contribution in [0.3, 0.4) is 0 Å². The van der Waals surface area contributed by atoms with Crippen LogP contribution in [0, 0.1) is 0 Å². The Bertz CT molecular complexity index is 1160. The van der Waals surface area contributed by atoms with Crippen molar-refractivity contribution in [3.05, 3.63) is 60.7 Å². The van der Waals surface area contributed by atoms with Crippen LogP contribution in [0.2, 0.25) is 0 Å². The van der Waals surface area contributed by atoms with Crippen LogP contribution < -0.4 is 21.9 Å². The molecule has 122 valence electrons. The van der Waals surface area contributed by atoms with E-state index in [1.807, 2.05) is 11.8 Å². The van der Waals surface area contributed by atoms with Gasteiger partial charge in [-0.1, -0.05) is 48.2 Å². The summed E-state index contributed by atoms with van der Waals surface area (Å²) in [5, 5.41) is 2.52. The Balaban J connectivity index is 0.00000140. The van der Waals surface area contributed by atoms with E-state index in [1.165, 1.54) is 31.9 Å². The van der Waals surface area contributed by atoms with Crippen LogP contribution in [0.5, 0.6) is 0 Å². The smallest absolute Gasteiger partial charge is 0.298 e. The van der Waals surface area contributed by atoms with Gasteiger partial charge in [-0.05, 0) is 24.3 Å². The van der Waals surface area contributed by atoms with Gasteiger partial charge in [0.25, 0.3) is 5.82 Å². The molecule has 3 nitrogen and oxygen atoms in total. The largest absolute Gasteiger partial charge is 1.00 e. The molecular weight excluding hydrogens is 350 g/mol. The molecule has 25 heavy (non-hydrogen) atoms. The normalized spacial score (nSPS) is 14.3. The van der Waals surface area contributed by atoms with Crippen LogP contribution in [0.1, 0.15) is 0 Å². The number of hydrogen-bond acceptors (Lipinski definition) is 3. The Morgan fingerprint density at radius 2 is 1.68 bits per heavy atom. The van der Waals surface area contributed by atoms with Crippen molar-refractivity contribution in [2.24, 2.45) is 0 Å². The average molecular weight is 364 g/mol. The minimum Gasteiger partial charge on any atom is -1.00 e. The average Bonchev–Trinajstić information content (AvgIpc) is 3.07. The number of fused-ring (bicyclic) bond motifs is 5. The van der Waals surface area contributed by atoms with E-state index in [4.69, 9.17) is 4.98 Å². The third-order valence-electron chi connectivity index (χ3n) is 4.94. The predicted octanol–water partition coefficient (Wildman–Crippen LogP) is 1.30. The molecule has 4 heterocycles. The van der Waals surface area contributed by atoms with Crippen molar-refractivity contribution < 1.29 is 17.0 Å². The molecule has 0 atom stereocenters. The number of anilines is 2. The summed E-state index contributed by atoms with van der Waals surface area (Å²) in [6, 6.07) is 21.6. The van der Waals surface area contributed by atoms with E-state index in [0.717, 1.165) is 24.4 Å². The zero-order valence-electron chi connectivity index (χ0n) is 13.3. The molecule has 5 heteroatoms. The van der Waals surface area contributed by atoms with Crippen molar-refractivity contribution in [3.8, 4) is 0 Å². The summed E-state index contributed by atoms with van der Waals surface area (Å²) >= 11 is 1.85. The van der Waals surface area contributed by atoms with Crippen molar-refractivity contribution in [3.63, 3.8) is 0 Å². The van der Waals surface area contributed by atoms with Crippen LogP contribution in [0.25, 0.3) is 21.8 Å². The fourth-order valence-electron chi connectivity index (χ4n) is 3.87. The first-order chi connectivity index (χ1) is 11.9. The monoisotopic (exact) mass is 363 g/mol. The summed E-state index contributed by atoms with van der Waals surface area (Å²) in [4.78, 5) is 9.94. The molecule has 0 fully saturated rings. The van der Waals surface area contributed by atoms with E-state index in [9.17, 15) is 0 Å². The third kappa shape index (κ3) is 2.01. The minimum absolute atomic E-state index is 0. The van der Waals surface area contributed by atoms with Gasteiger partial charge < -0.3 is 12.4 Å². The molecule has 0 spiro atoms. The maximum atomic E-state index is 4.97. The van der Waals surface area contributed by atoms with Gasteiger partial charge in [0.2, 0.25) is 5.82 Å². The van der Waals surface area contributed by atoms with E-state index in [0.29, 0.717) is 0 Å². The SMILES string of the molecule is [Cl-].c1ccc2nc3c(cc2c1)Sc1cc2ccccc2[n+]2c1N3CC2. The second-order valence-corrected chi connectivity index (χ2v) is 7.38. The molecule has 4 aromatic rings. The molecule has 0 saturated heterocycles. The first-order valence-electron chi connectivity index (χ1n) is 8.19. The number of pyridine rings is 2. The maximum Gasteiger partial charge on any atom is 0.298 e. The van der Waals surface area contributed by atoms with Crippen molar-refractivity contribution >= 4 is 45.2 Å². The molecule has 6 rings (SSSR count). The molecule has 2 aromatic carbocycles. The zero-order chi connectivity index (χ0) is 15.7. The van der Waals surface area contributed by atoms with Crippen molar-refractivity contribution in [2.45, 2.75) is 16.3 Å². The van der Waals surface area contributed by atoms with Gasteiger partial charge in [-0.25, -0.2) is 14.5 Å². The van der Waals surface area contributed by atoms with Crippen LogP contribution in [-0.4, -0.2) is 11.5 Å². The van der Waals surface area contributed by atoms with Crippen LogP contribution >= 0.6 is 11.8 Å².